The summed E-state index contributed by atoms with van der Waals surface area (Å²) in [6.07, 6.45) is 0.840. The van der Waals surface area contributed by atoms with Gasteiger partial charge in [0, 0.05) is 19.8 Å². The fourth-order valence-corrected chi connectivity index (χ4v) is 2.17. The monoisotopic (exact) mass is 299 g/mol. The quantitative estimate of drug-likeness (QED) is 0.878. The molecule has 4 heteroatoms. The molecule has 0 amide bonds. The van der Waals surface area contributed by atoms with Crippen LogP contribution in [-0.2, 0) is 0 Å². The molecule has 2 rings (SSSR count). The van der Waals surface area contributed by atoms with E-state index < -0.39 is 5.97 Å². The molecule has 0 bridgehead atoms. The molecule has 0 saturated carbocycles. The zero-order valence-corrected chi connectivity index (χ0v) is 13.2. The number of hydrogen-bond acceptors (Lipinski definition) is 3. The Morgan fingerprint density at radius 2 is 1.73 bits per heavy atom. The molecule has 0 saturated heterocycles. The Labute approximate surface area is 131 Å². The highest BCUT2D eigenvalue weighted by molar-refractivity contribution is 5.92. The first-order valence-electron chi connectivity index (χ1n) is 7.31. The fourth-order valence-electron chi connectivity index (χ4n) is 2.17. The van der Waals surface area contributed by atoms with Gasteiger partial charge in [-0.3, -0.25) is 0 Å². The Kier molecular flexibility index (Phi) is 5.04. The molecule has 0 spiro atoms. The summed E-state index contributed by atoms with van der Waals surface area (Å²) in [6, 6.07) is 13.3. The molecule has 0 aromatic heterocycles. The van der Waals surface area contributed by atoms with E-state index in [0.717, 1.165) is 23.2 Å². The molecule has 2 aromatic rings. The van der Waals surface area contributed by atoms with Crippen LogP contribution in [-0.4, -0.2) is 31.8 Å². The van der Waals surface area contributed by atoms with E-state index in [4.69, 9.17) is 4.74 Å². The number of ether oxygens (including phenoxy) is 1. The Morgan fingerprint density at radius 1 is 1.09 bits per heavy atom. The van der Waals surface area contributed by atoms with Crippen LogP contribution in [0.2, 0.25) is 0 Å². The van der Waals surface area contributed by atoms with Gasteiger partial charge >= 0.3 is 5.97 Å². The Balaban J connectivity index is 2.35. The number of benzene rings is 2. The molecule has 0 fully saturated rings. The number of carboxylic acid groups (broad SMARTS) is 1. The van der Waals surface area contributed by atoms with Crippen LogP contribution in [0.1, 0.15) is 23.7 Å². The summed E-state index contributed by atoms with van der Waals surface area (Å²) < 4.78 is 5.50. The number of carboxylic acids is 1. The van der Waals surface area contributed by atoms with Crippen molar-refractivity contribution in [3.8, 4) is 16.9 Å². The third kappa shape index (κ3) is 3.58. The lowest BCUT2D eigenvalue weighted by Gasteiger charge is -2.13. The van der Waals surface area contributed by atoms with Gasteiger partial charge in [-0.15, -0.1) is 0 Å². The molecule has 0 atom stereocenters. The molecule has 116 valence electrons. The number of aromatic carboxylic acids is 1. The van der Waals surface area contributed by atoms with E-state index in [0.29, 0.717) is 12.4 Å². The summed E-state index contributed by atoms with van der Waals surface area (Å²) in [4.78, 5) is 13.4. The highest BCUT2D eigenvalue weighted by atomic mass is 16.5. The summed E-state index contributed by atoms with van der Waals surface area (Å²) in [5.74, 6) is -0.555. The van der Waals surface area contributed by atoms with Crippen molar-refractivity contribution in [2.45, 2.75) is 13.3 Å². The van der Waals surface area contributed by atoms with Crippen molar-refractivity contribution in [2.24, 2.45) is 0 Å². The summed E-state index contributed by atoms with van der Waals surface area (Å²) in [7, 11) is 3.97. The minimum atomic E-state index is -0.974. The smallest absolute Gasteiger partial charge is 0.339 e. The first-order chi connectivity index (χ1) is 10.5. The Hall–Kier alpha value is -2.49. The highest BCUT2D eigenvalue weighted by Crippen LogP contribution is 2.28. The zero-order valence-electron chi connectivity index (χ0n) is 13.2. The summed E-state index contributed by atoms with van der Waals surface area (Å²) in [5.41, 5.74) is 3.15. The second kappa shape index (κ2) is 6.98. The van der Waals surface area contributed by atoms with Crippen LogP contribution in [0.25, 0.3) is 11.1 Å². The van der Waals surface area contributed by atoms with Gasteiger partial charge < -0.3 is 14.7 Å². The van der Waals surface area contributed by atoms with Crippen LogP contribution < -0.4 is 9.64 Å². The van der Waals surface area contributed by atoms with E-state index in [9.17, 15) is 9.90 Å². The van der Waals surface area contributed by atoms with Crippen LogP contribution in [0.4, 0.5) is 5.69 Å². The molecule has 0 radical (unpaired) electrons. The molecular weight excluding hydrogens is 278 g/mol. The average Bonchev–Trinajstić information content (AvgIpc) is 2.52. The lowest BCUT2D eigenvalue weighted by atomic mass is 10.0. The minimum absolute atomic E-state index is 0.197. The topological polar surface area (TPSA) is 49.8 Å². The van der Waals surface area contributed by atoms with Gasteiger partial charge in [0.05, 0.1) is 6.61 Å². The van der Waals surface area contributed by atoms with E-state index in [1.165, 1.54) is 0 Å². The van der Waals surface area contributed by atoms with Crippen LogP contribution in [0.3, 0.4) is 0 Å². The second-order valence-corrected chi connectivity index (χ2v) is 5.31. The number of hydrogen-bond donors (Lipinski definition) is 1. The van der Waals surface area contributed by atoms with Gasteiger partial charge in [-0.25, -0.2) is 4.79 Å². The Bertz CT molecular complexity index is 648. The predicted molar refractivity (Wildman–Crippen MR) is 89.0 cm³/mol. The molecular formula is C18H21NO3. The van der Waals surface area contributed by atoms with Crippen molar-refractivity contribution in [3.63, 3.8) is 0 Å². The standard InChI is InChI=1S/C18H21NO3/c1-4-11-22-17-10-7-14(12-16(17)18(20)21)13-5-8-15(9-6-13)19(2)3/h5-10,12H,4,11H2,1-3H3,(H,20,21). The van der Waals surface area contributed by atoms with Crippen molar-refractivity contribution < 1.29 is 14.6 Å². The van der Waals surface area contributed by atoms with Crippen molar-refractivity contribution in [1.29, 1.82) is 0 Å². The van der Waals surface area contributed by atoms with Gasteiger partial charge in [-0.05, 0) is 41.8 Å². The molecule has 2 aromatic carbocycles. The number of carbonyl (C=O) groups is 1. The normalized spacial score (nSPS) is 10.3. The van der Waals surface area contributed by atoms with E-state index in [1.807, 2.05) is 56.3 Å². The Morgan fingerprint density at radius 3 is 2.27 bits per heavy atom. The summed E-state index contributed by atoms with van der Waals surface area (Å²) in [5, 5.41) is 9.37. The third-order valence-electron chi connectivity index (χ3n) is 3.39. The van der Waals surface area contributed by atoms with Gasteiger partial charge in [0.15, 0.2) is 0 Å². The molecule has 0 aliphatic rings. The molecule has 0 aliphatic heterocycles. The largest absolute Gasteiger partial charge is 0.493 e. The summed E-state index contributed by atoms with van der Waals surface area (Å²) >= 11 is 0. The molecule has 4 nitrogen and oxygen atoms in total. The van der Waals surface area contributed by atoms with E-state index >= 15 is 0 Å². The third-order valence-corrected chi connectivity index (χ3v) is 3.39. The lowest BCUT2D eigenvalue weighted by Crippen LogP contribution is -2.08. The molecule has 1 N–H and O–H groups in total. The molecule has 22 heavy (non-hydrogen) atoms. The van der Waals surface area contributed by atoms with Crippen LogP contribution in [0.15, 0.2) is 42.5 Å². The first-order valence-corrected chi connectivity index (χ1v) is 7.31. The predicted octanol–water partition coefficient (Wildman–Crippen LogP) is 3.91. The van der Waals surface area contributed by atoms with Gasteiger partial charge in [0.1, 0.15) is 11.3 Å². The SMILES string of the molecule is CCCOc1ccc(-c2ccc(N(C)C)cc2)cc1C(=O)O. The van der Waals surface area contributed by atoms with E-state index in [2.05, 4.69) is 0 Å². The fraction of sp³-hybridized carbons (Fsp3) is 0.278. The van der Waals surface area contributed by atoms with Crippen LogP contribution >= 0.6 is 0 Å². The van der Waals surface area contributed by atoms with Gasteiger partial charge in [0.2, 0.25) is 0 Å². The zero-order chi connectivity index (χ0) is 16.1. The maximum atomic E-state index is 11.4. The van der Waals surface area contributed by atoms with Crippen molar-refractivity contribution in [1.82, 2.24) is 0 Å². The number of anilines is 1. The first kappa shape index (κ1) is 15.9. The average molecular weight is 299 g/mol. The van der Waals surface area contributed by atoms with Crippen LogP contribution in [0.5, 0.6) is 5.75 Å². The van der Waals surface area contributed by atoms with Crippen molar-refractivity contribution in [3.05, 3.63) is 48.0 Å². The lowest BCUT2D eigenvalue weighted by molar-refractivity contribution is 0.0692. The molecule has 0 heterocycles. The van der Waals surface area contributed by atoms with E-state index in [-0.39, 0.29) is 5.56 Å². The minimum Gasteiger partial charge on any atom is -0.493 e. The highest BCUT2D eigenvalue weighted by Gasteiger charge is 2.13. The molecule has 0 unspecified atom stereocenters. The number of rotatable bonds is 6. The second-order valence-electron chi connectivity index (χ2n) is 5.31. The van der Waals surface area contributed by atoms with Crippen molar-refractivity contribution in [2.75, 3.05) is 25.6 Å². The molecule has 0 aliphatic carbocycles. The number of nitrogens with zero attached hydrogens (tertiary/aromatic N) is 1. The summed E-state index contributed by atoms with van der Waals surface area (Å²) in [6.45, 7) is 2.50. The van der Waals surface area contributed by atoms with Gasteiger partial charge in [-0.1, -0.05) is 25.1 Å². The van der Waals surface area contributed by atoms with Gasteiger partial charge in [0.25, 0.3) is 0 Å². The van der Waals surface area contributed by atoms with E-state index in [1.54, 1.807) is 12.1 Å². The maximum Gasteiger partial charge on any atom is 0.339 e. The maximum absolute atomic E-state index is 11.4. The van der Waals surface area contributed by atoms with Gasteiger partial charge in [-0.2, -0.15) is 0 Å². The van der Waals surface area contributed by atoms with Crippen LogP contribution in [0, 0.1) is 0 Å². The van der Waals surface area contributed by atoms with Crippen molar-refractivity contribution >= 4 is 11.7 Å².